The summed E-state index contributed by atoms with van der Waals surface area (Å²) in [6.45, 7) is 1.91. The van der Waals surface area contributed by atoms with E-state index in [1.165, 1.54) is 0 Å². The van der Waals surface area contributed by atoms with Gasteiger partial charge in [-0.3, -0.25) is 0 Å². The molecule has 98 valence electrons. The van der Waals surface area contributed by atoms with Crippen molar-refractivity contribution in [2.75, 3.05) is 6.61 Å². The second-order valence-electron chi connectivity index (χ2n) is 3.18. The Kier molecular flexibility index (Phi) is 5.57. The van der Waals surface area contributed by atoms with Crippen molar-refractivity contribution in [3.05, 3.63) is 23.8 Å². The van der Waals surface area contributed by atoms with Crippen molar-refractivity contribution in [1.29, 1.82) is 0 Å². The standard InChI is InChI=1S/C10H12F3NO2.ClH/c1-2-16-8-5-6(3-4-7(8)15)9(14)10(11,12)13;/h3-5,9,15H,2,14H2,1H3;1H/t9-;/m1./s1. The van der Waals surface area contributed by atoms with Gasteiger partial charge >= 0.3 is 6.18 Å². The number of hydrogen-bond donors (Lipinski definition) is 2. The van der Waals surface area contributed by atoms with Gasteiger partial charge in [-0.25, -0.2) is 0 Å². The number of alkyl halides is 3. The molecule has 1 rings (SSSR count). The normalized spacial score (nSPS) is 12.8. The Hall–Kier alpha value is -1.14. The monoisotopic (exact) mass is 271 g/mol. The van der Waals surface area contributed by atoms with E-state index < -0.39 is 12.2 Å². The number of nitrogens with two attached hydrogens (primary N) is 1. The SMILES string of the molecule is CCOc1cc([C@@H](N)C(F)(F)F)ccc1O.Cl. The summed E-state index contributed by atoms with van der Waals surface area (Å²) < 4.78 is 41.9. The van der Waals surface area contributed by atoms with E-state index in [1.807, 2.05) is 0 Å². The van der Waals surface area contributed by atoms with Crippen molar-refractivity contribution < 1.29 is 23.0 Å². The van der Waals surface area contributed by atoms with Gasteiger partial charge in [-0.05, 0) is 24.6 Å². The Morgan fingerprint density at radius 2 is 2.00 bits per heavy atom. The fourth-order valence-corrected chi connectivity index (χ4v) is 1.18. The first-order chi connectivity index (χ1) is 7.36. The lowest BCUT2D eigenvalue weighted by Gasteiger charge is -2.17. The molecule has 1 aromatic rings. The molecule has 7 heteroatoms. The number of phenols is 1. The maximum absolute atomic E-state index is 12.3. The molecule has 1 atom stereocenters. The summed E-state index contributed by atoms with van der Waals surface area (Å²) in [6.07, 6.45) is -4.51. The second kappa shape index (κ2) is 5.97. The lowest BCUT2D eigenvalue weighted by Crippen LogP contribution is -2.28. The van der Waals surface area contributed by atoms with Gasteiger partial charge in [0, 0.05) is 0 Å². The lowest BCUT2D eigenvalue weighted by atomic mass is 10.1. The van der Waals surface area contributed by atoms with Crippen LogP contribution < -0.4 is 10.5 Å². The smallest absolute Gasteiger partial charge is 0.407 e. The van der Waals surface area contributed by atoms with Gasteiger partial charge in [0.1, 0.15) is 6.04 Å². The number of hydrogen-bond acceptors (Lipinski definition) is 3. The first-order valence-corrected chi connectivity index (χ1v) is 4.64. The van der Waals surface area contributed by atoms with Crippen molar-refractivity contribution in [2.24, 2.45) is 5.73 Å². The number of halogens is 4. The Morgan fingerprint density at radius 1 is 1.41 bits per heavy atom. The van der Waals surface area contributed by atoms with Gasteiger partial charge in [-0.1, -0.05) is 6.07 Å². The highest BCUT2D eigenvalue weighted by Crippen LogP contribution is 2.35. The molecule has 0 aliphatic heterocycles. The zero-order chi connectivity index (χ0) is 12.3. The van der Waals surface area contributed by atoms with Crippen molar-refractivity contribution in [3.63, 3.8) is 0 Å². The maximum Gasteiger partial charge on any atom is 0.407 e. The largest absolute Gasteiger partial charge is 0.504 e. The molecule has 0 amide bonds. The molecule has 0 aliphatic carbocycles. The van der Waals surface area contributed by atoms with Gasteiger partial charge in [-0.15, -0.1) is 12.4 Å². The average Bonchev–Trinajstić information content (AvgIpc) is 2.19. The third-order valence-corrected chi connectivity index (χ3v) is 2.00. The summed E-state index contributed by atoms with van der Waals surface area (Å²) in [6, 6.07) is 1.27. The molecular weight excluding hydrogens is 259 g/mol. The van der Waals surface area contributed by atoms with E-state index >= 15 is 0 Å². The van der Waals surface area contributed by atoms with Crippen molar-refractivity contribution in [1.82, 2.24) is 0 Å². The summed E-state index contributed by atoms with van der Waals surface area (Å²) >= 11 is 0. The highest BCUT2D eigenvalue weighted by Gasteiger charge is 2.38. The van der Waals surface area contributed by atoms with Crippen LogP contribution in [0.1, 0.15) is 18.5 Å². The zero-order valence-corrected chi connectivity index (χ0v) is 9.81. The minimum absolute atomic E-state index is 0. The van der Waals surface area contributed by atoms with E-state index in [-0.39, 0.29) is 36.1 Å². The number of rotatable bonds is 3. The Morgan fingerprint density at radius 3 is 2.47 bits per heavy atom. The third-order valence-electron chi connectivity index (χ3n) is 2.00. The average molecular weight is 272 g/mol. The van der Waals surface area contributed by atoms with Gasteiger partial charge < -0.3 is 15.6 Å². The lowest BCUT2D eigenvalue weighted by molar-refractivity contribution is -0.149. The molecule has 0 radical (unpaired) electrons. The van der Waals surface area contributed by atoms with Crippen LogP contribution in [0, 0.1) is 0 Å². The van der Waals surface area contributed by atoms with Crippen LogP contribution >= 0.6 is 12.4 Å². The summed E-state index contributed by atoms with van der Waals surface area (Å²) in [5.74, 6) is -0.209. The predicted octanol–water partition coefficient (Wildman–Crippen LogP) is 2.77. The first kappa shape index (κ1) is 15.9. The number of aromatic hydroxyl groups is 1. The van der Waals surface area contributed by atoms with Crippen LogP contribution in [0.5, 0.6) is 11.5 Å². The summed E-state index contributed by atoms with van der Waals surface area (Å²) in [4.78, 5) is 0. The molecule has 0 spiro atoms. The number of ether oxygens (including phenoxy) is 1. The topological polar surface area (TPSA) is 55.5 Å². The van der Waals surface area contributed by atoms with Gasteiger partial charge in [0.05, 0.1) is 6.61 Å². The molecule has 0 aromatic heterocycles. The zero-order valence-electron chi connectivity index (χ0n) is 8.99. The Bertz CT molecular complexity index is 371. The first-order valence-electron chi connectivity index (χ1n) is 4.64. The highest BCUT2D eigenvalue weighted by atomic mass is 35.5. The summed E-state index contributed by atoms with van der Waals surface area (Å²) in [5, 5.41) is 9.30. The van der Waals surface area contributed by atoms with E-state index in [0.717, 1.165) is 18.2 Å². The molecular formula is C10H13ClF3NO2. The van der Waals surface area contributed by atoms with Crippen LogP contribution in [0.25, 0.3) is 0 Å². The quantitative estimate of drug-likeness (QED) is 0.889. The molecule has 0 unspecified atom stereocenters. The Balaban J connectivity index is 0.00000256. The minimum atomic E-state index is -4.51. The molecule has 0 aliphatic rings. The fraction of sp³-hybridized carbons (Fsp3) is 0.400. The Labute approximate surface area is 103 Å². The van der Waals surface area contributed by atoms with Gasteiger partial charge in [-0.2, -0.15) is 13.2 Å². The summed E-state index contributed by atoms with van der Waals surface area (Å²) in [7, 11) is 0. The number of phenolic OH excluding ortho intramolecular Hbond substituents is 1. The van der Waals surface area contributed by atoms with E-state index in [1.54, 1.807) is 6.92 Å². The van der Waals surface area contributed by atoms with Crippen LogP contribution in [0.3, 0.4) is 0 Å². The third kappa shape index (κ3) is 3.98. The summed E-state index contributed by atoms with van der Waals surface area (Å²) in [5.41, 5.74) is 4.88. The van der Waals surface area contributed by atoms with Crippen molar-refractivity contribution in [2.45, 2.75) is 19.1 Å². The predicted molar refractivity (Wildman–Crippen MR) is 59.5 cm³/mol. The molecule has 0 saturated heterocycles. The van der Waals surface area contributed by atoms with Gasteiger partial charge in [0.25, 0.3) is 0 Å². The molecule has 3 N–H and O–H groups in total. The van der Waals surface area contributed by atoms with Crippen molar-refractivity contribution >= 4 is 12.4 Å². The van der Waals surface area contributed by atoms with Crippen LogP contribution in [-0.4, -0.2) is 17.9 Å². The molecule has 17 heavy (non-hydrogen) atoms. The minimum Gasteiger partial charge on any atom is -0.504 e. The van der Waals surface area contributed by atoms with Crippen LogP contribution in [-0.2, 0) is 0 Å². The van der Waals surface area contributed by atoms with E-state index in [2.05, 4.69) is 0 Å². The van der Waals surface area contributed by atoms with Gasteiger partial charge in [0.15, 0.2) is 11.5 Å². The molecule has 3 nitrogen and oxygen atoms in total. The fourth-order valence-electron chi connectivity index (χ4n) is 1.18. The number of benzene rings is 1. The second-order valence-corrected chi connectivity index (χ2v) is 3.18. The molecule has 0 heterocycles. The van der Waals surface area contributed by atoms with Crippen LogP contribution in [0.15, 0.2) is 18.2 Å². The molecule has 0 bridgehead atoms. The van der Waals surface area contributed by atoms with E-state index in [4.69, 9.17) is 10.5 Å². The highest BCUT2D eigenvalue weighted by molar-refractivity contribution is 5.85. The molecule has 0 saturated carbocycles. The van der Waals surface area contributed by atoms with Crippen LogP contribution in [0.2, 0.25) is 0 Å². The van der Waals surface area contributed by atoms with Crippen LogP contribution in [0.4, 0.5) is 13.2 Å². The molecule has 1 aromatic carbocycles. The van der Waals surface area contributed by atoms with E-state index in [0.29, 0.717) is 0 Å². The molecule has 0 fully saturated rings. The van der Waals surface area contributed by atoms with Gasteiger partial charge in [0.2, 0.25) is 0 Å². The van der Waals surface area contributed by atoms with E-state index in [9.17, 15) is 18.3 Å². The van der Waals surface area contributed by atoms with Crippen molar-refractivity contribution in [3.8, 4) is 11.5 Å². The maximum atomic E-state index is 12.3.